The van der Waals surface area contributed by atoms with Gasteiger partial charge >= 0.3 is 12.0 Å². The zero-order valence-electron chi connectivity index (χ0n) is 11.9. The van der Waals surface area contributed by atoms with E-state index in [-0.39, 0.29) is 18.7 Å². The number of benzene rings is 1. The average Bonchev–Trinajstić information content (AvgIpc) is 2.34. The molecule has 0 saturated heterocycles. The van der Waals surface area contributed by atoms with Crippen molar-refractivity contribution in [2.75, 3.05) is 30.9 Å². The first-order valence-corrected chi connectivity index (χ1v) is 8.24. The highest BCUT2D eigenvalue weighted by Gasteiger charge is 2.12. The molecule has 0 aliphatic rings. The number of sulfone groups is 1. The number of nitrogens with zero attached hydrogens (tertiary/aromatic N) is 1. The van der Waals surface area contributed by atoms with Crippen LogP contribution in [0.25, 0.3) is 0 Å². The van der Waals surface area contributed by atoms with Crippen molar-refractivity contribution in [3.63, 3.8) is 0 Å². The molecule has 0 aliphatic heterocycles. The lowest BCUT2D eigenvalue weighted by atomic mass is 10.1. The van der Waals surface area contributed by atoms with Crippen LogP contribution in [0.4, 0.5) is 10.5 Å². The minimum atomic E-state index is -3.13. The third kappa shape index (κ3) is 6.75. The summed E-state index contributed by atoms with van der Waals surface area (Å²) in [6, 6.07) is 6.04. The quantitative estimate of drug-likeness (QED) is 0.809. The van der Waals surface area contributed by atoms with Gasteiger partial charge in [-0.15, -0.1) is 0 Å². The van der Waals surface area contributed by atoms with Gasteiger partial charge in [-0.05, 0) is 17.7 Å². The standard InChI is InChI=1S/C13H18N2O5S/c1-15(6-7-21(2,19)20)13(18)14-11-5-3-4-10(8-11)9-12(16)17/h3-5,8H,6-7,9H2,1-2H3,(H,14,18)(H,16,17). The molecule has 1 aromatic rings. The van der Waals surface area contributed by atoms with E-state index in [1.165, 1.54) is 11.9 Å². The van der Waals surface area contributed by atoms with Crippen LogP contribution in [0, 0.1) is 0 Å². The molecular weight excluding hydrogens is 296 g/mol. The van der Waals surface area contributed by atoms with Crippen LogP contribution in [0.3, 0.4) is 0 Å². The first-order chi connectivity index (χ1) is 9.67. The highest BCUT2D eigenvalue weighted by molar-refractivity contribution is 7.90. The second-order valence-corrected chi connectivity index (χ2v) is 7.01. The number of carboxylic acids is 1. The smallest absolute Gasteiger partial charge is 0.321 e. The fraction of sp³-hybridized carbons (Fsp3) is 0.385. The topological polar surface area (TPSA) is 104 Å². The van der Waals surface area contributed by atoms with Gasteiger partial charge in [0.05, 0.1) is 12.2 Å². The average molecular weight is 314 g/mol. The number of urea groups is 1. The number of hydrogen-bond donors (Lipinski definition) is 2. The zero-order valence-corrected chi connectivity index (χ0v) is 12.7. The molecule has 8 heteroatoms. The Morgan fingerprint density at radius 2 is 2.00 bits per heavy atom. The SMILES string of the molecule is CN(CCS(C)(=O)=O)C(=O)Nc1cccc(CC(=O)O)c1. The van der Waals surface area contributed by atoms with Gasteiger partial charge in [0.15, 0.2) is 0 Å². The van der Waals surface area contributed by atoms with Gasteiger partial charge in [0.25, 0.3) is 0 Å². The molecule has 0 atom stereocenters. The maximum Gasteiger partial charge on any atom is 0.321 e. The lowest BCUT2D eigenvalue weighted by Gasteiger charge is -2.17. The molecule has 0 spiro atoms. The molecular formula is C13H18N2O5S. The van der Waals surface area contributed by atoms with E-state index in [1.54, 1.807) is 24.3 Å². The van der Waals surface area contributed by atoms with Crippen molar-refractivity contribution < 1.29 is 23.1 Å². The molecule has 0 bridgehead atoms. The molecule has 7 nitrogen and oxygen atoms in total. The van der Waals surface area contributed by atoms with E-state index in [0.29, 0.717) is 11.3 Å². The molecule has 0 aliphatic carbocycles. The van der Waals surface area contributed by atoms with Crippen molar-refractivity contribution in [1.29, 1.82) is 0 Å². The van der Waals surface area contributed by atoms with Crippen LogP contribution in [-0.2, 0) is 21.1 Å². The molecule has 116 valence electrons. The Morgan fingerprint density at radius 1 is 1.33 bits per heavy atom. The van der Waals surface area contributed by atoms with Crippen molar-refractivity contribution in [1.82, 2.24) is 4.90 Å². The Hall–Kier alpha value is -2.09. The highest BCUT2D eigenvalue weighted by Crippen LogP contribution is 2.12. The second kappa shape index (κ2) is 7.07. The Morgan fingerprint density at radius 3 is 2.57 bits per heavy atom. The number of amides is 2. The zero-order chi connectivity index (χ0) is 16.0. The second-order valence-electron chi connectivity index (χ2n) is 4.75. The summed E-state index contributed by atoms with van der Waals surface area (Å²) in [6.07, 6.45) is 0.974. The van der Waals surface area contributed by atoms with Crippen LogP contribution in [-0.4, -0.2) is 56.0 Å². The van der Waals surface area contributed by atoms with Gasteiger partial charge in [-0.25, -0.2) is 13.2 Å². The summed E-state index contributed by atoms with van der Waals surface area (Å²) in [4.78, 5) is 23.8. The van der Waals surface area contributed by atoms with Crippen LogP contribution >= 0.6 is 0 Å². The van der Waals surface area contributed by atoms with Crippen molar-refractivity contribution >= 4 is 27.5 Å². The molecule has 0 radical (unpaired) electrons. The number of carbonyl (C=O) groups is 2. The number of rotatable bonds is 6. The lowest BCUT2D eigenvalue weighted by Crippen LogP contribution is -2.34. The van der Waals surface area contributed by atoms with Crippen LogP contribution in [0.1, 0.15) is 5.56 Å². The van der Waals surface area contributed by atoms with Crippen molar-refractivity contribution in [3.05, 3.63) is 29.8 Å². The van der Waals surface area contributed by atoms with Gasteiger partial charge in [0.2, 0.25) is 0 Å². The number of nitrogens with one attached hydrogen (secondary N) is 1. The first kappa shape index (κ1) is 17.0. The third-order valence-electron chi connectivity index (χ3n) is 2.68. The number of anilines is 1. The number of aliphatic carboxylic acids is 1. The van der Waals surface area contributed by atoms with Crippen LogP contribution in [0.5, 0.6) is 0 Å². The van der Waals surface area contributed by atoms with E-state index in [4.69, 9.17) is 5.11 Å². The molecule has 0 fully saturated rings. The summed E-state index contributed by atoms with van der Waals surface area (Å²) in [5, 5.41) is 11.3. The van der Waals surface area contributed by atoms with Gasteiger partial charge in [0, 0.05) is 25.5 Å². The Bertz CT molecular complexity index is 627. The molecule has 1 rings (SSSR count). The summed E-state index contributed by atoms with van der Waals surface area (Å²) in [5.41, 5.74) is 1.03. The summed E-state index contributed by atoms with van der Waals surface area (Å²) in [6.45, 7) is 0.0828. The van der Waals surface area contributed by atoms with Crippen LogP contribution < -0.4 is 5.32 Å². The minimum Gasteiger partial charge on any atom is -0.481 e. The van der Waals surface area contributed by atoms with E-state index >= 15 is 0 Å². The predicted molar refractivity (Wildman–Crippen MR) is 79.1 cm³/mol. The van der Waals surface area contributed by atoms with E-state index in [2.05, 4.69) is 5.32 Å². The summed E-state index contributed by atoms with van der Waals surface area (Å²) < 4.78 is 22.1. The Balaban J connectivity index is 2.63. The fourth-order valence-corrected chi connectivity index (χ4v) is 2.16. The molecule has 2 amide bonds. The first-order valence-electron chi connectivity index (χ1n) is 6.18. The van der Waals surface area contributed by atoms with Gasteiger partial charge in [-0.1, -0.05) is 12.1 Å². The summed E-state index contributed by atoms with van der Waals surface area (Å²) >= 11 is 0. The monoisotopic (exact) mass is 314 g/mol. The number of hydrogen-bond acceptors (Lipinski definition) is 4. The largest absolute Gasteiger partial charge is 0.481 e. The maximum atomic E-state index is 11.9. The van der Waals surface area contributed by atoms with Gasteiger partial charge in [-0.3, -0.25) is 4.79 Å². The number of carboxylic acid groups (broad SMARTS) is 1. The van der Waals surface area contributed by atoms with Crippen LogP contribution in [0.15, 0.2) is 24.3 Å². The number of carbonyl (C=O) groups excluding carboxylic acids is 1. The Kier molecular flexibility index (Phi) is 5.71. The molecule has 21 heavy (non-hydrogen) atoms. The van der Waals surface area contributed by atoms with E-state index in [1.807, 2.05) is 0 Å². The third-order valence-corrected chi connectivity index (χ3v) is 3.60. The summed E-state index contributed by atoms with van der Waals surface area (Å²) in [7, 11) is -1.64. The summed E-state index contributed by atoms with van der Waals surface area (Å²) in [5.74, 6) is -1.07. The van der Waals surface area contributed by atoms with E-state index < -0.39 is 21.8 Å². The maximum absolute atomic E-state index is 11.9. The van der Waals surface area contributed by atoms with Gasteiger partial charge in [-0.2, -0.15) is 0 Å². The molecule has 1 aromatic carbocycles. The van der Waals surface area contributed by atoms with Crippen molar-refractivity contribution in [2.45, 2.75) is 6.42 Å². The molecule has 2 N–H and O–H groups in total. The van der Waals surface area contributed by atoms with Gasteiger partial charge in [0.1, 0.15) is 9.84 Å². The highest BCUT2D eigenvalue weighted by atomic mass is 32.2. The molecule has 0 heterocycles. The molecule has 0 aromatic heterocycles. The Labute approximate surface area is 123 Å². The van der Waals surface area contributed by atoms with E-state index in [0.717, 1.165) is 6.26 Å². The molecule has 0 unspecified atom stereocenters. The minimum absolute atomic E-state index is 0.0828. The molecule has 0 saturated carbocycles. The van der Waals surface area contributed by atoms with E-state index in [9.17, 15) is 18.0 Å². The van der Waals surface area contributed by atoms with Crippen molar-refractivity contribution in [3.8, 4) is 0 Å². The predicted octanol–water partition coefficient (Wildman–Crippen LogP) is 0.822. The normalized spacial score (nSPS) is 11.0. The lowest BCUT2D eigenvalue weighted by molar-refractivity contribution is -0.136. The van der Waals surface area contributed by atoms with Crippen molar-refractivity contribution in [2.24, 2.45) is 0 Å². The van der Waals surface area contributed by atoms with Crippen LogP contribution in [0.2, 0.25) is 0 Å². The fourth-order valence-electron chi connectivity index (χ4n) is 1.56. The van der Waals surface area contributed by atoms with Gasteiger partial charge < -0.3 is 15.3 Å².